The fourth-order valence-corrected chi connectivity index (χ4v) is 3.21. The van der Waals surface area contributed by atoms with Gasteiger partial charge in [0.1, 0.15) is 0 Å². The first-order chi connectivity index (χ1) is 10.7. The first-order valence-electron chi connectivity index (χ1n) is 7.67. The number of benzene rings is 1. The molecule has 112 valence electrons. The molecule has 4 heteroatoms. The van der Waals surface area contributed by atoms with Crippen LogP contribution in [0.1, 0.15) is 18.5 Å². The molecule has 2 aromatic rings. The standard InChI is InChI=1S/C18H18N2O2/c21-16-11-20(12-18(16)9-10-18)17(22)8-7-14-6-5-13-3-1-2-4-15(13)19-14/h1-8,16,21H,9-12H2/b8-7+. The molecule has 1 saturated heterocycles. The first-order valence-corrected chi connectivity index (χ1v) is 7.67. The summed E-state index contributed by atoms with van der Waals surface area (Å²) in [4.78, 5) is 18.5. The number of aliphatic hydroxyl groups excluding tert-OH is 1. The molecule has 1 N–H and O–H groups in total. The van der Waals surface area contributed by atoms with Gasteiger partial charge in [-0.05, 0) is 31.1 Å². The smallest absolute Gasteiger partial charge is 0.246 e. The Hall–Kier alpha value is -2.20. The van der Waals surface area contributed by atoms with Gasteiger partial charge >= 0.3 is 0 Å². The second-order valence-electron chi connectivity index (χ2n) is 6.36. The summed E-state index contributed by atoms with van der Waals surface area (Å²) in [7, 11) is 0. The summed E-state index contributed by atoms with van der Waals surface area (Å²) in [5.74, 6) is -0.0437. The molecule has 1 saturated carbocycles. The number of aliphatic hydroxyl groups is 1. The van der Waals surface area contributed by atoms with Crippen molar-refractivity contribution in [1.29, 1.82) is 0 Å². The van der Waals surface area contributed by atoms with Crippen LogP contribution in [0.2, 0.25) is 0 Å². The van der Waals surface area contributed by atoms with Crippen molar-refractivity contribution in [1.82, 2.24) is 9.88 Å². The topological polar surface area (TPSA) is 53.4 Å². The van der Waals surface area contributed by atoms with Gasteiger partial charge in [-0.2, -0.15) is 0 Å². The molecule has 1 aliphatic heterocycles. The van der Waals surface area contributed by atoms with E-state index in [-0.39, 0.29) is 17.4 Å². The normalized spacial score (nSPS) is 22.8. The fourth-order valence-electron chi connectivity index (χ4n) is 3.21. The Labute approximate surface area is 129 Å². The highest BCUT2D eigenvalue weighted by atomic mass is 16.3. The van der Waals surface area contributed by atoms with E-state index < -0.39 is 0 Å². The minimum atomic E-state index is -0.358. The van der Waals surface area contributed by atoms with Gasteiger partial charge in [0.15, 0.2) is 0 Å². The van der Waals surface area contributed by atoms with Crippen LogP contribution in [-0.2, 0) is 4.79 Å². The number of fused-ring (bicyclic) bond motifs is 1. The van der Waals surface area contributed by atoms with Crippen LogP contribution in [0.25, 0.3) is 17.0 Å². The lowest BCUT2D eigenvalue weighted by atomic mass is 10.0. The highest BCUT2D eigenvalue weighted by molar-refractivity contribution is 5.92. The molecule has 4 nitrogen and oxygen atoms in total. The van der Waals surface area contributed by atoms with E-state index >= 15 is 0 Å². The number of hydrogen-bond donors (Lipinski definition) is 1. The number of rotatable bonds is 2. The molecule has 1 spiro atoms. The maximum absolute atomic E-state index is 12.2. The summed E-state index contributed by atoms with van der Waals surface area (Å²) in [5, 5.41) is 11.1. The summed E-state index contributed by atoms with van der Waals surface area (Å²) >= 11 is 0. The van der Waals surface area contributed by atoms with Gasteiger partial charge in [-0.15, -0.1) is 0 Å². The summed E-state index contributed by atoms with van der Waals surface area (Å²) < 4.78 is 0. The zero-order valence-corrected chi connectivity index (χ0v) is 12.3. The van der Waals surface area contributed by atoms with Gasteiger partial charge in [-0.3, -0.25) is 4.79 Å². The van der Waals surface area contributed by atoms with E-state index in [1.54, 1.807) is 17.1 Å². The molecular weight excluding hydrogens is 276 g/mol. The molecule has 22 heavy (non-hydrogen) atoms. The van der Waals surface area contributed by atoms with Gasteiger partial charge in [0, 0.05) is 30.0 Å². The lowest BCUT2D eigenvalue weighted by Crippen LogP contribution is -2.27. The second kappa shape index (κ2) is 4.92. The zero-order chi connectivity index (χ0) is 15.2. The Morgan fingerprint density at radius 2 is 2.09 bits per heavy atom. The van der Waals surface area contributed by atoms with Crippen molar-refractivity contribution in [3.63, 3.8) is 0 Å². The number of para-hydroxylation sites is 1. The van der Waals surface area contributed by atoms with Crippen molar-refractivity contribution in [2.75, 3.05) is 13.1 Å². The molecule has 1 aromatic carbocycles. The van der Waals surface area contributed by atoms with Crippen LogP contribution < -0.4 is 0 Å². The average molecular weight is 294 g/mol. The molecule has 4 rings (SSSR count). The third-order valence-corrected chi connectivity index (χ3v) is 4.83. The van der Waals surface area contributed by atoms with Crippen molar-refractivity contribution >= 4 is 22.9 Å². The van der Waals surface area contributed by atoms with E-state index in [2.05, 4.69) is 4.98 Å². The van der Waals surface area contributed by atoms with Crippen LogP contribution in [0.4, 0.5) is 0 Å². The quantitative estimate of drug-likeness (QED) is 0.864. The maximum atomic E-state index is 12.2. The number of nitrogens with zero attached hydrogens (tertiary/aromatic N) is 2. The predicted molar refractivity (Wildman–Crippen MR) is 85.0 cm³/mol. The number of carbonyl (C=O) groups excluding carboxylic acids is 1. The minimum Gasteiger partial charge on any atom is -0.391 e. The third kappa shape index (κ3) is 2.29. The molecule has 1 aliphatic carbocycles. The van der Waals surface area contributed by atoms with Crippen LogP contribution >= 0.6 is 0 Å². The Bertz CT molecular complexity index is 765. The summed E-state index contributed by atoms with van der Waals surface area (Å²) in [6.07, 6.45) is 5.02. The first kappa shape index (κ1) is 13.5. The van der Waals surface area contributed by atoms with Crippen molar-refractivity contribution < 1.29 is 9.90 Å². The van der Waals surface area contributed by atoms with Crippen LogP contribution in [0.15, 0.2) is 42.5 Å². The highest BCUT2D eigenvalue weighted by Gasteiger charge is 2.55. The Morgan fingerprint density at radius 3 is 2.86 bits per heavy atom. The van der Waals surface area contributed by atoms with E-state index in [4.69, 9.17) is 0 Å². The molecule has 1 unspecified atom stereocenters. The van der Waals surface area contributed by atoms with Crippen molar-refractivity contribution in [3.8, 4) is 0 Å². The van der Waals surface area contributed by atoms with Gasteiger partial charge in [-0.1, -0.05) is 24.3 Å². The molecule has 1 aromatic heterocycles. The van der Waals surface area contributed by atoms with E-state index in [1.807, 2.05) is 36.4 Å². The zero-order valence-electron chi connectivity index (χ0n) is 12.3. The van der Waals surface area contributed by atoms with Gasteiger partial charge < -0.3 is 10.0 Å². The number of pyridine rings is 1. The van der Waals surface area contributed by atoms with Gasteiger partial charge in [0.2, 0.25) is 5.91 Å². The number of amides is 1. The lowest BCUT2D eigenvalue weighted by molar-refractivity contribution is -0.125. The number of aromatic nitrogens is 1. The van der Waals surface area contributed by atoms with E-state index in [1.165, 1.54) is 0 Å². The van der Waals surface area contributed by atoms with Crippen LogP contribution in [0.3, 0.4) is 0 Å². The summed E-state index contributed by atoms with van der Waals surface area (Å²) in [6, 6.07) is 11.8. The van der Waals surface area contributed by atoms with Crippen LogP contribution in [0.5, 0.6) is 0 Å². The van der Waals surface area contributed by atoms with Crippen molar-refractivity contribution in [2.45, 2.75) is 18.9 Å². The van der Waals surface area contributed by atoms with E-state index in [9.17, 15) is 9.90 Å². The predicted octanol–water partition coefficient (Wildman–Crippen LogP) is 2.23. The van der Waals surface area contributed by atoms with E-state index in [0.717, 1.165) is 29.4 Å². The minimum absolute atomic E-state index is 0.00466. The largest absolute Gasteiger partial charge is 0.391 e. The van der Waals surface area contributed by atoms with Gasteiger partial charge in [-0.25, -0.2) is 4.98 Å². The molecule has 0 radical (unpaired) electrons. The molecular formula is C18H18N2O2. The van der Waals surface area contributed by atoms with Crippen LogP contribution in [0, 0.1) is 5.41 Å². The third-order valence-electron chi connectivity index (χ3n) is 4.83. The maximum Gasteiger partial charge on any atom is 0.246 e. The number of β-amino-alcohol motifs (C(OH)–C–C–N with tert-alkyl or cyclic N) is 1. The fraction of sp³-hybridized carbons (Fsp3) is 0.333. The number of carbonyl (C=O) groups is 1. The monoisotopic (exact) mass is 294 g/mol. The van der Waals surface area contributed by atoms with Gasteiger partial charge in [0.25, 0.3) is 0 Å². The molecule has 2 aliphatic rings. The number of hydrogen-bond acceptors (Lipinski definition) is 3. The van der Waals surface area contributed by atoms with E-state index in [0.29, 0.717) is 13.1 Å². The Morgan fingerprint density at radius 1 is 1.27 bits per heavy atom. The van der Waals surface area contributed by atoms with Gasteiger partial charge in [0.05, 0.1) is 17.3 Å². The second-order valence-corrected chi connectivity index (χ2v) is 6.36. The molecule has 0 bridgehead atoms. The van der Waals surface area contributed by atoms with Crippen molar-refractivity contribution in [2.24, 2.45) is 5.41 Å². The highest BCUT2D eigenvalue weighted by Crippen LogP contribution is 2.52. The SMILES string of the molecule is O=C(/C=C/c1ccc2ccccc2n1)N1CC(O)C2(CC2)C1. The van der Waals surface area contributed by atoms with Crippen molar-refractivity contribution in [3.05, 3.63) is 48.2 Å². The summed E-state index contributed by atoms with van der Waals surface area (Å²) in [6.45, 7) is 1.14. The molecule has 1 atom stereocenters. The molecule has 2 fully saturated rings. The molecule has 2 heterocycles. The van der Waals surface area contributed by atoms with Crippen LogP contribution in [-0.4, -0.2) is 40.1 Å². The molecule has 1 amide bonds. The Balaban J connectivity index is 1.49. The lowest BCUT2D eigenvalue weighted by Gasteiger charge is -2.12. The Kier molecular flexibility index (Phi) is 3.01. The number of likely N-dealkylation sites (tertiary alicyclic amines) is 1. The summed E-state index contributed by atoms with van der Waals surface area (Å²) in [5.41, 5.74) is 1.70. The average Bonchev–Trinajstić information content (AvgIpc) is 3.24.